The highest BCUT2D eigenvalue weighted by molar-refractivity contribution is 9.10. The van der Waals surface area contributed by atoms with Gasteiger partial charge in [0.1, 0.15) is 12.1 Å². The Labute approximate surface area is 116 Å². The molecule has 3 heterocycles. The van der Waals surface area contributed by atoms with Crippen LogP contribution < -0.4 is 5.32 Å². The number of thiophene rings is 1. The molecule has 0 fully saturated rings. The topological polar surface area (TPSA) is 55.1 Å². The minimum atomic E-state index is 0.614. The standard InChI is InChI=1S/C11H10BrN5S/c1-7-4-10(17-11(16-7)14-6-15-17)13-5-9-8(12)2-3-18-9/h2-4,6,13H,5H2,1H3. The first kappa shape index (κ1) is 11.6. The number of fused-ring (bicyclic) bond motifs is 1. The van der Waals surface area contributed by atoms with Crippen molar-refractivity contribution >= 4 is 38.9 Å². The number of rotatable bonds is 3. The van der Waals surface area contributed by atoms with E-state index in [0.717, 1.165) is 22.5 Å². The molecule has 7 heteroatoms. The average Bonchev–Trinajstić information content (AvgIpc) is 2.94. The first-order valence-corrected chi connectivity index (χ1v) is 7.04. The lowest BCUT2D eigenvalue weighted by Crippen LogP contribution is -2.06. The molecule has 0 aromatic carbocycles. The number of hydrogen-bond acceptors (Lipinski definition) is 5. The summed E-state index contributed by atoms with van der Waals surface area (Å²) in [6.45, 7) is 2.69. The largest absolute Gasteiger partial charge is 0.365 e. The molecule has 5 nitrogen and oxygen atoms in total. The molecule has 0 aliphatic carbocycles. The Bertz CT molecular complexity index is 690. The van der Waals surface area contributed by atoms with E-state index in [1.54, 1.807) is 15.9 Å². The maximum atomic E-state index is 4.30. The highest BCUT2D eigenvalue weighted by Crippen LogP contribution is 2.23. The van der Waals surface area contributed by atoms with Crippen LogP contribution in [0.5, 0.6) is 0 Å². The molecule has 1 N–H and O–H groups in total. The van der Waals surface area contributed by atoms with E-state index in [4.69, 9.17) is 0 Å². The van der Waals surface area contributed by atoms with Gasteiger partial charge >= 0.3 is 0 Å². The summed E-state index contributed by atoms with van der Waals surface area (Å²) >= 11 is 5.23. The summed E-state index contributed by atoms with van der Waals surface area (Å²) in [7, 11) is 0. The Morgan fingerprint density at radius 3 is 3.17 bits per heavy atom. The van der Waals surface area contributed by atoms with E-state index in [1.165, 1.54) is 11.2 Å². The first-order valence-electron chi connectivity index (χ1n) is 5.37. The van der Waals surface area contributed by atoms with Crippen molar-refractivity contribution in [2.75, 3.05) is 5.32 Å². The smallest absolute Gasteiger partial charge is 0.254 e. The average molecular weight is 324 g/mol. The van der Waals surface area contributed by atoms with Gasteiger partial charge in [0.15, 0.2) is 0 Å². The van der Waals surface area contributed by atoms with Crippen molar-refractivity contribution in [3.63, 3.8) is 0 Å². The van der Waals surface area contributed by atoms with Crippen LogP contribution in [0.15, 0.2) is 28.3 Å². The fourth-order valence-electron chi connectivity index (χ4n) is 1.68. The minimum Gasteiger partial charge on any atom is -0.365 e. The highest BCUT2D eigenvalue weighted by atomic mass is 79.9. The van der Waals surface area contributed by atoms with E-state index < -0.39 is 0 Å². The number of hydrogen-bond donors (Lipinski definition) is 1. The molecular formula is C11H10BrN5S. The van der Waals surface area contributed by atoms with Crippen molar-refractivity contribution in [1.29, 1.82) is 0 Å². The van der Waals surface area contributed by atoms with Crippen LogP contribution in [0.2, 0.25) is 0 Å². The first-order chi connectivity index (χ1) is 8.74. The van der Waals surface area contributed by atoms with Crippen molar-refractivity contribution in [1.82, 2.24) is 19.6 Å². The Morgan fingerprint density at radius 2 is 2.39 bits per heavy atom. The van der Waals surface area contributed by atoms with Crippen LogP contribution >= 0.6 is 27.3 Å². The quantitative estimate of drug-likeness (QED) is 0.805. The lowest BCUT2D eigenvalue weighted by molar-refractivity contribution is 0.918. The van der Waals surface area contributed by atoms with Crippen LogP contribution in [0, 0.1) is 6.92 Å². The van der Waals surface area contributed by atoms with Gasteiger partial charge in [-0.15, -0.1) is 11.3 Å². The van der Waals surface area contributed by atoms with Crippen molar-refractivity contribution < 1.29 is 0 Å². The van der Waals surface area contributed by atoms with Crippen LogP contribution in [-0.2, 0) is 6.54 Å². The van der Waals surface area contributed by atoms with Crippen LogP contribution in [0.3, 0.4) is 0 Å². The molecule has 92 valence electrons. The molecule has 3 aromatic rings. The van der Waals surface area contributed by atoms with Gasteiger partial charge in [-0.25, -0.2) is 4.98 Å². The molecule has 0 unspecified atom stereocenters. The molecule has 0 aliphatic heterocycles. The second kappa shape index (κ2) is 4.66. The predicted molar refractivity (Wildman–Crippen MR) is 74.9 cm³/mol. The third-order valence-electron chi connectivity index (χ3n) is 2.50. The van der Waals surface area contributed by atoms with Crippen LogP contribution in [0.1, 0.15) is 10.6 Å². The second-order valence-electron chi connectivity index (χ2n) is 3.80. The second-order valence-corrected chi connectivity index (χ2v) is 5.65. The summed E-state index contributed by atoms with van der Waals surface area (Å²) in [5.41, 5.74) is 0.920. The van der Waals surface area contributed by atoms with Gasteiger partial charge in [0, 0.05) is 21.1 Å². The molecular weight excluding hydrogens is 314 g/mol. The zero-order chi connectivity index (χ0) is 12.5. The van der Waals surface area contributed by atoms with Gasteiger partial charge in [-0.05, 0) is 34.3 Å². The third-order valence-corrected chi connectivity index (χ3v) is 4.43. The summed E-state index contributed by atoms with van der Waals surface area (Å²) in [4.78, 5) is 9.65. The number of halogens is 1. The van der Waals surface area contributed by atoms with Gasteiger partial charge in [0.2, 0.25) is 0 Å². The van der Waals surface area contributed by atoms with Crippen molar-refractivity contribution in [2.45, 2.75) is 13.5 Å². The van der Waals surface area contributed by atoms with Gasteiger partial charge in [0.05, 0.1) is 6.54 Å². The minimum absolute atomic E-state index is 0.614. The Hall–Kier alpha value is -1.47. The summed E-state index contributed by atoms with van der Waals surface area (Å²) in [5.74, 6) is 1.51. The number of aryl methyl sites for hydroxylation is 1. The lowest BCUT2D eigenvalue weighted by Gasteiger charge is -2.07. The van der Waals surface area contributed by atoms with E-state index in [2.05, 4.69) is 41.7 Å². The molecule has 18 heavy (non-hydrogen) atoms. The van der Waals surface area contributed by atoms with E-state index in [9.17, 15) is 0 Å². The molecule has 3 aromatic heterocycles. The Balaban J connectivity index is 1.90. The van der Waals surface area contributed by atoms with E-state index >= 15 is 0 Å². The summed E-state index contributed by atoms with van der Waals surface area (Å²) in [5, 5.41) is 9.57. The fraction of sp³-hybridized carbons (Fsp3) is 0.182. The van der Waals surface area contributed by atoms with E-state index in [1.807, 2.05) is 19.1 Å². The monoisotopic (exact) mass is 323 g/mol. The summed E-state index contributed by atoms with van der Waals surface area (Å²) in [6, 6.07) is 4.01. The normalized spacial score (nSPS) is 11.0. The Kier molecular flexibility index (Phi) is 3.00. The van der Waals surface area contributed by atoms with Gasteiger partial charge in [0.25, 0.3) is 5.78 Å². The molecule has 0 spiro atoms. The van der Waals surface area contributed by atoms with Gasteiger partial charge in [-0.1, -0.05) is 0 Å². The number of nitrogens with zero attached hydrogens (tertiary/aromatic N) is 4. The number of anilines is 1. The molecule has 0 saturated heterocycles. The van der Waals surface area contributed by atoms with Crippen LogP contribution in [0.25, 0.3) is 5.78 Å². The molecule has 0 aliphatic rings. The van der Waals surface area contributed by atoms with Gasteiger partial charge < -0.3 is 5.32 Å². The molecule has 0 saturated carbocycles. The van der Waals surface area contributed by atoms with Gasteiger partial charge in [-0.3, -0.25) is 0 Å². The number of nitrogens with one attached hydrogen (secondary N) is 1. The predicted octanol–water partition coefficient (Wildman–Crippen LogP) is 2.87. The van der Waals surface area contributed by atoms with E-state index in [-0.39, 0.29) is 0 Å². The van der Waals surface area contributed by atoms with Gasteiger partial charge in [-0.2, -0.15) is 14.6 Å². The molecule has 0 radical (unpaired) electrons. The summed E-state index contributed by atoms with van der Waals surface area (Å²) in [6.07, 6.45) is 1.51. The third kappa shape index (κ3) is 2.11. The van der Waals surface area contributed by atoms with E-state index in [0.29, 0.717) is 5.78 Å². The number of aromatic nitrogens is 4. The highest BCUT2D eigenvalue weighted by Gasteiger charge is 2.06. The molecule has 0 amide bonds. The SMILES string of the molecule is Cc1cc(NCc2sccc2Br)n2ncnc2n1. The van der Waals surface area contributed by atoms with Crippen molar-refractivity contribution in [2.24, 2.45) is 0 Å². The lowest BCUT2D eigenvalue weighted by atomic mass is 10.4. The van der Waals surface area contributed by atoms with Crippen molar-refractivity contribution in [3.8, 4) is 0 Å². The molecule has 0 atom stereocenters. The summed E-state index contributed by atoms with van der Waals surface area (Å²) < 4.78 is 2.83. The van der Waals surface area contributed by atoms with Crippen LogP contribution in [-0.4, -0.2) is 19.6 Å². The molecule has 3 rings (SSSR count). The maximum absolute atomic E-state index is 4.30. The zero-order valence-electron chi connectivity index (χ0n) is 9.59. The maximum Gasteiger partial charge on any atom is 0.254 e. The zero-order valence-corrected chi connectivity index (χ0v) is 12.0. The molecule has 0 bridgehead atoms. The fourth-order valence-corrected chi connectivity index (χ4v) is 3.11. The van der Waals surface area contributed by atoms with Crippen molar-refractivity contribution in [3.05, 3.63) is 38.9 Å². The van der Waals surface area contributed by atoms with Crippen LogP contribution in [0.4, 0.5) is 5.82 Å². The Morgan fingerprint density at radius 1 is 1.50 bits per heavy atom.